The molecule has 1 aromatic carbocycles. The molecule has 0 saturated heterocycles. The van der Waals surface area contributed by atoms with Gasteiger partial charge in [0.25, 0.3) is 0 Å². The molecule has 0 aliphatic carbocycles. The van der Waals surface area contributed by atoms with Crippen molar-refractivity contribution in [3.05, 3.63) is 48.4 Å². The molecule has 0 unspecified atom stereocenters. The van der Waals surface area contributed by atoms with E-state index in [1.807, 2.05) is 44.2 Å². The molecule has 116 valence electrons. The second kappa shape index (κ2) is 6.69. The smallest absolute Gasteiger partial charge is 0.230 e. The predicted molar refractivity (Wildman–Crippen MR) is 88.3 cm³/mol. The summed E-state index contributed by atoms with van der Waals surface area (Å²) in [6.07, 6.45) is 3.26. The zero-order chi connectivity index (χ0) is 16.2. The molecule has 0 saturated carbocycles. The van der Waals surface area contributed by atoms with E-state index in [-0.39, 0.29) is 5.91 Å². The largest absolute Gasteiger partial charge is 0.355 e. The first-order valence-electron chi connectivity index (χ1n) is 7.56. The van der Waals surface area contributed by atoms with E-state index in [1.54, 1.807) is 6.20 Å². The Morgan fingerprint density at radius 2 is 1.86 bits per heavy atom. The van der Waals surface area contributed by atoms with Crippen LogP contribution in [0.4, 0.5) is 0 Å². The van der Waals surface area contributed by atoms with E-state index in [0.717, 1.165) is 16.8 Å². The van der Waals surface area contributed by atoms with Gasteiger partial charge in [-0.2, -0.15) is 0 Å². The molecule has 2 rings (SSSR count). The number of hydrogen-bond donors (Lipinski definition) is 1. The highest BCUT2D eigenvalue weighted by atomic mass is 16.2. The maximum atomic E-state index is 12.4. The van der Waals surface area contributed by atoms with E-state index in [4.69, 9.17) is 0 Å². The summed E-state index contributed by atoms with van der Waals surface area (Å²) in [4.78, 5) is 20.5. The maximum absolute atomic E-state index is 12.4. The summed E-state index contributed by atoms with van der Waals surface area (Å²) in [6, 6.07) is 9.85. The van der Waals surface area contributed by atoms with Crippen molar-refractivity contribution >= 4 is 5.91 Å². The minimum Gasteiger partial charge on any atom is -0.355 e. The predicted octanol–water partition coefficient (Wildman–Crippen LogP) is 3.19. The van der Waals surface area contributed by atoms with Gasteiger partial charge in [0.15, 0.2) is 0 Å². The van der Waals surface area contributed by atoms with Crippen LogP contribution in [0.3, 0.4) is 0 Å². The lowest BCUT2D eigenvalue weighted by atomic mass is 9.83. The summed E-state index contributed by atoms with van der Waals surface area (Å²) >= 11 is 0. The normalized spacial score (nSPS) is 11.5. The number of nitrogens with one attached hydrogen (secondary N) is 1. The van der Waals surface area contributed by atoms with Crippen molar-refractivity contribution in [2.45, 2.75) is 33.1 Å². The highest BCUT2D eigenvalue weighted by Crippen LogP contribution is 2.26. The van der Waals surface area contributed by atoms with E-state index in [0.29, 0.717) is 12.5 Å². The summed E-state index contributed by atoms with van der Waals surface area (Å²) in [5.74, 6) is 0.496. The van der Waals surface area contributed by atoms with E-state index in [9.17, 15) is 4.79 Å². The average molecular weight is 297 g/mol. The van der Waals surface area contributed by atoms with Gasteiger partial charge in [0.1, 0.15) is 6.33 Å². The molecule has 1 aromatic heterocycles. The van der Waals surface area contributed by atoms with Crippen molar-refractivity contribution in [2.75, 3.05) is 6.54 Å². The average Bonchev–Trinajstić information content (AvgIpc) is 2.53. The van der Waals surface area contributed by atoms with Crippen molar-refractivity contribution in [2.24, 2.45) is 5.92 Å². The van der Waals surface area contributed by atoms with Crippen LogP contribution in [0, 0.1) is 5.92 Å². The summed E-state index contributed by atoms with van der Waals surface area (Å²) in [6.45, 7) is 8.76. The molecule has 4 nitrogen and oxygen atoms in total. The fourth-order valence-electron chi connectivity index (χ4n) is 2.17. The number of amides is 1. The Hall–Kier alpha value is -2.23. The van der Waals surface area contributed by atoms with Crippen LogP contribution in [0.15, 0.2) is 42.9 Å². The highest BCUT2D eigenvalue weighted by Gasteiger charge is 2.29. The lowest BCUT2D eigenvalue weighted by molar-refractivity contribution is -0.125. The first-order chi connectivity index (χ1) is 10.4. The monoisotopic (exact) mass is 297 g/mol. The van der Waals surface area contributed by atoms with Gasteiger partial charge in [-0.05, 0) is 31.4 Å². The number of carbonyl (C=O) groups excluding carboxylic acids is 1. The quantitative estimate of drug-likeness (QED) is 0.922. The van der Waals surface area contributed by atoms with Gasteiger partial charge in [0.05, 0.1) is 11.1 Å². The van der Waals surface area contributed by atoms with Crippen LogP contribution < -0.4 is 5.32 Å². The number of benzene rings is 1. The van der Waals surface area contributed by atoms with Crippen LogP contribution >= 0.6 is 0 Å². The molecule has 0 spiro atoms. The van der Waals surface area contributed by atoms with Crippen LogP contribution in [-0.2, 0) is 10.2 Å². The highest BCUT2D eigenvalue weighted by molar-refractivity contribution is 5.87. The third-order valence-electron chi connectivity index (χ3n) is 3.72. The van der Waals surface area contributed by atoms with Crippen LogP contribution in [0.1, 0.15) is 33.3 Å². The van der Waals surface area contributed by atoms with Crippen molar-refractivity contribution in [3.63, 3.8) is 0 Å². The van der Waals surface area contributed by atoms with Crippen LogP contribution in [0.25, 0.3) is 11.3 Å². The van der Waals surface area contributed by atoms with Gasteiger partial charge in [-0.25, -0.2) is 9.97 Å². The van der Waals surface area contributed by atoms with E-state index < -0.39 is 5.41 Å². The number of nitrogens with zero attached hydrogens (tertiary/aromatic N) is 2. The van der Waals surface area contributed by atoms with E-state index in [2.05, 4.69) is 29.1 Å². The molecule has 0 radical (unpaired) electrons. The molecule has 2 aromatic rings. The van der Waals surface area contributed by atoms with E-state index in [1.165, 1.54) is 6.33 Å². The maximum Gasteiger partial charge on any atom is 0.230 e. The summed E-state index contributed by atoms with van der Waals surface area (Å²) in [5.41, 5.74) is 2.33. The Bertz CT molecular complexity index is 619. The second-order valence-electron chi connectivity index (χ2n) is 6.40. The Kier molecular flexibility index (Phi) is 4.91. The number of rotatable bonds is 5. The van der Waals surface area contributed by atoms with Crippen molar-refractivity contribution < 1.29 is 4.79 Å². The zero-order valence-electron chi connectivity index (χ0n) is 13.6. The molecule has 0 aliphatic heterocycles. The van der Waals surface area contributed by atoms with Crippen LogP contribution in [-0.4, -0.2) is 22.4 Å². The molecular weight excluding hydrogens is 274 g/mol. The van der Waals surface area contributed by atoms with Gasteiger partial charge < -0.3 is 5.32 Å². The molecule has 0 fully saturated rings. The second-order valence-corrected chi connectivity index (χ2v) is 6.40. The van der Waals surface area contributed by atoms with Crippen molar-refractivity contribution in [1.82, 2.24) is 15.3 Å². The lowest BCUT2D eigenvalue weighted by Crippen LogP contribution is -2.41. The van der Waals surface area contributed by atoms with Gasteiger partial charge in [0, 0.05) is 18.3 Å². The topological polar surface area (TPSA) is 54.9 Å². The lowest BCUT2D eigenvalue weighted by Gasteiger charge is -2.25. The number of carbonyl (C=O) groups is 1. The van der Waals surface area contributed by atoms with Crippen LogP contribution in [0.2, 0.25) is 0 Å². The molecule has 1 heterocycles. The molecule has 4 heteroatoms. The molecule has 22 heavy (non-hydrogen) atoms. The Morgan fingerprint density at radius 1 is 1.18 bits per heavy atom. The molecule has 0 aliphatic rings. The van der Waals surface area contributed by atoms with Gasteiger partial charge in [-0.15, -0.1) is 0 Å². The molecular formula is C18H23N3O. The summed E-state index contributed by atoms with van der Waals surface area (Å²) in [7, 11) is 0. The standard InChI is InChI=1S/C18H23N3O/c1-13(2)11-20-17(22)18(3,4)15-7-5-14(6-8-15)16-9-10-19-12-21-16/h5-10,12-13H,11H2,1-4H3,(H,20,22). The zero-order valence-corrected chi connectivity index (χ0v) is 13.6. The minimum atomic E-state index is -0.556. The summed E-state index contributed by atoms with van der Waals surface area (Å²) in [5, 5.41) is 3.01. The van der Waals surface area contributed by atoms with Crippen molar-refractivity contribution in [1.29, 1.82) is 0 Å². The fourth-order valence-corrected chi connectivity index (χ4v) is 2.17. The van der Waals surface area contributed by atoms with Gasteiger partial charge in [-0.3, -0.25) is 4.79 Å². The third-order valence-corrected chi connectivity index (χ3v) is 3.72. The molecule has 1 amide bonds. The van der Waals surface area contributed by atoms with Crippen molar-refractivity contribution in [3.8, 4) is 11.3 Å². The molecule has 0 bridgehead atoms. The van der Waals surface area contributed by atoms with Gasteiger partial charge in [0.2, 0.25) is 5.91 Å². The van der Waals surface area contributed by atoms with E-state index >= 15 is 0 Å². The third kappa shape index (κ3) is 3.70. The first kappa shape index (κ1) is 16.1. The number of hydrogen-bond acceptors (Lipinski definition) is 3. The fraction of sp³-hybridized carbons (Fsp3) is 0.389. The molecule has 1 N–H and O–H groups in total. The SMILES string of the molecule is CC(C)CNC(=O)C(C)(C)c1ccc(-c2ccncn2)cc1. The Morgan fingerprint density at radius 3 is 2.41 bits per heavy atom. The minimum absolute atomic E-state index is 0.0518. The Balaban J connectivity index is 2.17. The molecule has 0 atom stereocenters. The Labute approximate surface area is 132 Å². The summed E-state index contributed by atoms with van der Waals surface area (Å²) < 4.78 is 0. The van der Waals surface area contributed by atoms with Gasteiger partial charge in [-0.1, -0.05) is 38.1 Å². The van der Waals surface area contributed by atoms with Crippen LogP contribution in [0.5, 0.6) is 0 Å². The van der Waals surface area contributed by atoms with Gasteiger partial charge >= 0.3 is 0 Å². The first-order valence-corrected chi connectivity index (χ1v) is 7.56. The number of aromatic nitrogens is 2.